The van der Waals surface area contributed by atoms with Crippen LogP contribution in [0.5, 0.6) is 0 Å². The van der Waals surface area contributed by atoms with Gasteiger partial charge in [-0.2, -0.15) is 0 Å². The lowest BCUT2D eigenvalue weighted by molar-refractivity contribution is -0.115. The van der Waals surface area contributed by atoms with Crippen LogP contribution in [0.2, 0.25) is 0 Å². The van der Waals surface area contributed by atoms with E-state index < -0.39 is 0 Å². The van der Waals surface area contributed by atoms with Gasteiger partial charge in [0.25, 0.3) is 0 Å². The molecule has 3 aromatic rings. The van der Waals surface area contributed by atoms with Crippen molar-refractivity contribution in [3.8, 4) is 0 Å². The first-order valence-corrected chi connectivity index (χ1v) is 11.1. The van der Waals surface area contributed by atoms with Crippen molar-refractivity contribution in [1.29, 1.82) is 0 Å². The molecular formula is C23H20N2O2S2. The third-order valence-corrected chi connectivity index (χ3v) is 6.93. The van der Waals surface area contributed by atoms with Gasteiger partial charge in [0.15, 0.2) is 10.9 Å². The Morgan fingerprint density at radius 3 is 2.72 bits per heavy atom. The molecule has 29 heavy (non-hydrogen) atoms. The molecule has 0 unspecified atom stereocenters. The fraction of sp³-hybridized carbons (Fsp3) is 0.174. The predicted octanol–water partition coefficient (Wildman–Crippen LogP) is 5.82. The molecule has 1 amide bonds. The van der Waals surface area contributed by atoms with Crippen LogP contribution in [0.4, 0.5) is 10.8 Å². The van der Waals surface area contributed by atoms with E-state index in [-0.39, 0.29) is 11.7 Å². The predicted molar refractivity (Wildman–Crippen MR) is 120 cm³/mol. The number of thiazole rings is 1. The van der Waals surface area contributed by atoms with Gasteiger partial charge in [-0.25, -0.2) is 4.98 Å². The molecule has 2 heterocycles. The fourth-order valence-corrected chi connectivity index (χ4v) is 5.14. The zero-order valence-corrected chi connectivity index (χ0v) is 18.1. The second-order valence-corrected chi connectivity index (χ2v) is 8.77. The molecule has 0 saturated carbocycles. The number of thioether (sulfide) groups is 1. The largest absolute Gasteiger partial charge is 0.289 e. The summed E-state index contributed by atoms with van der Waals surface area (Å²) in [6.45, 7) is 5.57. The minimum atomic E-state index is -0.0921. The molecule has 2 aromatic carbocycles. The average Bonchev–Trinajstić information content (AvgIpc) is 3.15. The first-order chi connectivity index (χ1) is 14.0. The Labute approximate surface area is 178 Å². The van der Waals surface area contributed by atoms with Crippen LogP contribution in [-0.2, 0) is 4.79 Å². The van der Waals surface area contributed by atoms with Gasteiger partial charge in [-0.1, -0.05) is 24.3 Å². The number of Topliss-reactive ketones (excluding diaryl/α,β-unsaturated/α-hetero) is 1. The second-order valence-electron chi connectivity index (χ2n) is 6.91. The Bertz CT molecular complexity index is 1150. The summed E-state index contributed by atoms with van der Waals surface area (Å²) in [6.07, 6.45) is 1.84. The van der Waals surface area contributed by atoms with Gasteiger partial charge in [0.1, 0.15) is 0 Å². The van der Waals surface area contributed by atoms with E-state index in [1.54, 1.807) is 23.6 Å². The molecule has 0 spiro atoms. The highest BCUT2D eigenvalue weighted by molar-refractivity contribution is 7.99. The highest BCUT2D eigenvalue weighted by Gasteiger charge is 2.23. The molecule has 1 aliphatic heterocycles. The van der Waals surface area contributed by atoms with Gasteiger partial charge < -0.3 is 0 Å². The van der Waals surface area contributed by atoms with E-state index in [1.807, 2.05) is 67.8 Å². The maximum Gasteiger partial charge on any atom is 0.230 e. The summed E-state index contributed by atoms with van der Waals surface area (Å²) in [5.74, 6) is 0.577. The number of carbonyl (C=O) groups is 2. The van der Waals surface area contributed by atoms with Gasteiger partial charge >= 0.3 is 0 Å². The topological polar surface area (TPSA) is 50.3 Å². The van der Waals surface area contributed by atoms with Gasteiger partial charge in [-0.3, -0.25) is 14.5 Å². The first-order valence-electron chi connectivity index (χ1n) is 9.25. The SMILES string of the molecule is CC(=O)N(c1nc(/C=C2/CSc3ccccc3C2=O)cs1)c1cccc(C)c1C. The zero-order valence-electron chi connectivity index (χ0n) is 16.4. The maximum atomic E-state index is 12.8. The molecule has 1 aliphatic rings. The molecule has 0 saturated heterocycles. The molecule has 0 aliphatic carbocycles. The van der Waals surface area contributed by atoms with Crippen LogP contribution in [-0.4, -0.2) is 22.4 Å². The van der Waals surface area contributed by atoms with Crippen molar-refractivity contribution in [3.05, 3.63) is 75.8 Å². The van der Waals surface area contributed by atoms with Crippen LogP contribution in [0.3, 0.4) is 0 Å². The first kappa shape index (κ1) is 19.6. The van der Waals surface area contributed by atoms with Crippen molar-refractivity contribution in [3.63, 3.8) is 0 Å². The van der Waals surface area contributed by atoms with Crippen LogP contribution in [0, 0.1) is 13.8 Å². The molecule has 4 rings (SSSR count). The summed E-state index contributed by atoms with van der Waals surface area (Å²) >= 11 is 3.06. The van der Waals surface area contributed by atoms with Crippen LogP contribution in [0.25, 0.3) is 6.08 Å². The van der Waals surface area contributed by atoms with E-state index in [0.717, 1.165) is 32.8 Å². The number of hydrogen-bond acceptors (Lipinski definition) is 5. The minimum absolute atomic E-state index is 0.0480. The molecule has 0 N–H and O–H groups in total. The van der Waals surface area contributed by atoms with Crippen molar-refractivity contribution in [1.82, 2.24) is 4.98 Å². The summed E-state index contributed by atoms with van der Waals surface area (Å²) in [5.41, 5.74) is 5.18. The summed E-state index contributed by atoms with van der Waals surface area (Å²) in [5, 5.41) is 2.50. The number of rotatable bonds is 3. The van der Waals surface area contributed by atoms with Crippen molar-refractivity contribution in [2.45, 2.75) is 25.7 Å². The van der Waals surface area contributed by atoms with Crippen molar-refractivity contribution in [2.75, 3.05) is 10.7 Å². The Kier molecular flexibility index (Phi) is 5.39. The number of hydrogen-bond donors (Lipinski definition) is 0. The van der Waals surface area contributed by atoms with Gasteiger partial charge in [-0.15, -0.1) is 23.1 Å². The number of anilines is 2. The Morgan fingerprint density at radius 1 is 1.14 bits per heavy atom. The van der Waals surface area contributed by atoms with Gasteiger partial charge in [0.05, 0.1) is 11.4 Å². The summed E-state index contributed by atoms with van der Waals surface area (Å²) in [6, 6.07) is 13.6. The van der Waals surface area contributed by atoms with Crippen molar-refractivity contribution < 1.29 is 9.59 Å². The molecule has 4 nitrogen and oxygen atoms in total. The lowest BCUT2D eigenvalue weighted by Crippen LogP contribution is -2.23. The lowest BCUT2D eigenvalue weighted by Gasteiger charge is -2.21. The maximum absolute atomic E-state index is 12.8. The highest BCUT2D eigenvalue weighted by atomic mass is 32.2. The molecule has 146 valence electrons. The standard InChI is InChI=1S/C23H20N2O2S2/c1-14-7-6-9-20(15(14)2)25(16(3)26)23-24-18(13-29-23)11-17-12-28-21-10-5-4-8-19(21)22(17)27/h4-11,13H,12H2,1-3H3/b17-11-. The number of ketones is 1. The molecule has 1 aromatic heterocycles. The van der Waals surface area contributed by atoms with Gasteiger partial charge in [0, 0.05) is 34.1 Å². The molecule has 0 radical (unpaired) electrons. The normalized spacial score (nSPS) is 14.7. The van der Waals surface area contributed by atoms with E-state index in [9.17, 15) is 9.59 Å². The molecule has 6 heteroatoms. The van der Waals surface area contributed by atoms with Crippen LogP contribution < -0.4 is 4.90 Å². The number of carbonyl (C=O) groups excluding carboxylic acids is 2. The quantitative estimate of drug-likeness (QED) is 0.501. The number of amides is 1. The lowest BCUT2D eigenvalue weighted by atomic mass is 10.0. The minimum Gasteiger partial charge on any atom is -0.289 e. The van der Waals surface area contributed by atoms with E-state index in [4.69, 9.17) is 0 Å². The number of aromatic nitrogens is 1. The summed E-state index contributed by atoms with van der Waals surface area (Å²) in [7, 11) is 0. The third kappa shape index (κ3) is 3.78. The molecule has 0 fully saturated rings. The zero-order chi connectivity index (χ0) is 20.5. The third-order valence-electron chi connectivity index (χ3n) is 4.96. The van der Waals surface area contributed by atoms with E-state index >= 15 is 0 Å². The smallest absolute Gasteiger partial charge is 0.230 e. The highest BCUT2D eigenvalue weighted by Crippen LogP contribution is 2.35. The van der Waals surface area contributed by atoms with E-state index in [0.29, 0.717) is 16.6 Å². The van der Waals surface area contributed by atoms with Gasteiger partial charge in [0.2, 0.25) is 5.91 Å². The van der Waals surface area contributed by atoms with Crippen LogP contribution >= 0.6 is 23.1 Å². The fourth-order valence-electron chi connectivity index (χ4n) is 3.29. The Balaban J connectivity index is 1.67. The Hall–Kier alpha value is -2.70. The molecule has 0 atom stereocenters. The number of aryl methyl sites for hydroxylation is 1. The second kappa shape index (κ2) is 7.97. The van der Waals surface area contributed by atoms with Crippen LogP contribution in [0.1, 0.15) is 34.1 Å². The summed E-state index contributed by atoms with van der Waals surface area (Å²) < 4.78 is 0. The Morgan fingerprint density at radius 2 is 1.93 bits per heavy atom. The van der Waals surface area contributed by atoms with Crippen LogP contribution in [0.15, 0.2) is 58.3 Å². The number of benzene rings is 2. The van der Waals surface area contributed by atoms with Crippen molar-refractivity contribution >= 4 is 51.7 Å². The number of fused-ring (bicyclic) bond motifs is 1. The van der Waals surface area contributed by atoms with E-state index in [2.05, 4.69) is 4.98 Å². The monoisotopic (exact) mass is 420 g/mol. The number of nitrogens with zero attached hydrogens (tertiary/aromatic N) is 2. The average molecular weight is 421 g/mol. The van der Waals surface area contributed by atoms with Gasteiger partial charge in [-0.05, 0) is 49.2 Å². The molecular weight excluding hydrogens is 400 g/mol. The molecule has 0 bridgehead atoms. The summed E-state index contributed by atoms with van der Waals surface area (Å²) in [4.78, 5) is 32.5. The van der Waals surface area contributed by atoms with Crippen molar-refractivity contribution in [2.24, 2.45) is 0 Å². The van der Waals surface area contributed by atoms with E-state index in [1.165, 1.54) is 11.3 Å².